The molecule has 0 aromatic rings. The molecule has 1 fully saturated rings. The van der Waals surface area contributed by atoms with E-state index in [1.165, 1.54) is 0 Å². The first kappa shape index (κ1) is 9.32. The van der Waals surface area contributed by atoms with E-state index in [4.69, 9.17) is 0 Å². The molecule has 0 bridgehead atoms. The van der Waals surface area contributed by atoms with Crippen LogP contribution in [0, 0.1) is 0 Å². The standard InChI is InChI=1S/C8H16N2O2/c1-8(2,12)6-10-5-3-4-9-7(10)11/h12H,3-6H2,1-2H3,(H,9,11). The number of nitrogens with one attached hydrogen (secondary N) is 1. The van der Waals surface area contributed by atoms with Gasteiger partial charge in [-0.25, -0.2) is 4.79 Å². The predicted molar refractivity (Wildman–Crippen MR) is 45.9 cm³/mol. The summed E-state index contributed by atoms with van der Waals surface area (Å²) in [7, 11) is 0. The molecule has 1 aliphatic rings. The zero-order chi connectivity index (χ0) is 9.19. The summed E-state index contributed by atoms with van der Waals surface area (Å²) in [6.07, 6.45) is 0.960. The molecule has 1 rings (SSSR count). The van der Waals surface area contributed by atoms with Crippen LogP contribution >= 0.6 is 0 Å². The quantitative estimate of drug-likeness (QED) is 0.624. The minimum atomic E-state index is -0.797. The highest BCUT2D eigenvalue weighted by molar-refractivity contribution is 5.74. The van der Waals surface area contributed by atoms with Crippen molar-refractivity contribution in [2.75, 3.05) is 19.6 Å². The molecule has 2 N–H and O–H groups in total. The van der Waals surface area contributed by atoms with Gasteiger partial charge in [-0.05, 0) is 20.3 Å². The zero-order valence-electron chi connectivity index (χ0n) is 7.63. The van der Waals surface area contributed by atoms with Crippen LogP contribution in [-0.4, -0.2) is 41.3 Å². The fraction of sp³-hybridized carbons (Fsp3) is 0.875. The van der Waals surface area contributed by atoms with E-state index in [-0.39, 0.29) is 6.03 Å². The molecule has 1 aliphatic heterocycles. The van der Waals surface area contributed by atoms with Crippen molar-refractivity contribution in [1.29, 1.82) is 0 Å². The van der Waals surface area contributed by atoms with Gasteiger partial charge in [0.25, 0.3) is 0 Å². The molecule has 1 heterocycles. The maximum absolute atomic E-state index is 11.2. The van der Waals surface area contributed by atoms with Crippen molar-refractivity contribution in [2.24, 2.45) is 0 Å². The summed E-state index contributed by atoms with van der Waals surface area (Å²) in [6.45, 7) is 5.31. The molecule has 0 atom stereocenters. The Morgan fingerprint density at radius 2 is 2.33 bits per heavy atom. The Morgan fingerprint density at radius 3 is 2.83 bits per heavy atom. The van der Waals surface area contributed by atoms with E-state index < -0.39 is 5.60 Å². The van der Waals surface area contributed by atoms with Gasteiger partial charge < -0.3 is 15.3 Å². The molecule has 0 aliphatic carbocycles. The van der Waals surface area contributed by atoms with Gasteiger partial charge in [0, 0.05) is 13.1 Å². The van der Waals surface area contributed by atoms with Crippen LogP contribution < -0.4 is 5.32 Å². The van der Waals surface area contributed by atoms with Gasteiger partial charge in [-0.15, -0.1) is 0 Å². The molecule has 0 unspecified atom stereocenters. The Bertz CT molecular complexity index is 174. The summed E-state index contributed by atoms with van der Waals surface area (Å²) in [6, 6.07) is -0.0663. The number of hydrogen-bond donors (Lipinski definition) is 2. The van der Waals surface area contributed by atoms with Crippen LogP contribution in [0.3, 0.4) is 0 Å². The summed E-state index contributed by atoms with van der Waals surface area (Å²) < 4.78 is 0. The SMILES string of the molecule is CC(C)(O)CN1CCCNC1=O. The fourth-order valence-electron chi connectivity index (χ4n) is 1.30. The van der Waals surface area contributed by atoms with Crippen molar-refractivity contribution in [3.05, 3.63) is 0 Å². The molecule has 0 aromatic carbocycles. The Balaban J connectivity index is 2.45. The second kappa shape index (κ2) is 3.31. The number of amides is 2. The molecule has 1 saturated heterocycles. The van der Waals surface area contributed by atoms with Crippen LogP contribution in [0.4, 0.5) is 4.79 Å². The van der Waals surface area contributed by atoms with Crippen molar-refractivity contribution < 1.29 is 9.90 Å². The fourth-order valence-corrected chi connectivity index (χ4v) is 1.30. The van der Waals surface area contributed by atoms with Gasteiger partial charge in [0.1, 0.15) is 0 Å². The van der Waals surface area contributed by atoms with E-state index in [2.05, 4.69) is 5.32 Å². The van der Waals surface area contributed by atoms with E-state index in [1.807, 2.05) is 0 Å². The van der Waals surface area contributed by atoms with Gasteiger partial charge in [0.15, 0.2) is 0 Å². The number of β-amino-alcohol motifs (C(OH)–C–C–N with tert-alkyl or cyclic N) is 1. The Morgan fingerprint density at radius 1 is 1.67 bits per heavy atom. The van der Waals surface area contributed by atoms with Crippen LogP contribution in [0.2, 0.25) is 0 Å². The van der Waals surface area contributed by atoms with Gasteiger partial charge in [-0.3, -0.25) is 0 Å². The summed E-state index contributed by atoms with van der Waals surface area (Å²) in [4.78, 5) is 12.8. The Kier molecular flexibility index (Phi) is 2.57. The molecule has 4 heteroatoms. The van der Waals surface area contributed by atoms with Crippen LogP contribution in [0.25, 0.3) is 0 Å². The van der Waals surface area contributed by atoms with E-state index in [9.17, 15) is 9.90 Å². The largest absolute Gasteiger partial charge is 0.389 e. The van der Waals surface area contributed by atoms with Crippen molar-refractivity contribution in [3.8, 4) is 0 Å². The number of hydrogen-bond acceptors (Lipinski definition) is 2. The van der Waals surface area contributed by atoms with Gasteiger partial charge in [-0.2, -0.15) is 0 Å². The lowest BCUT2D eigenvalue weighted by Gasteiger charge is -2.32. The maximum atomic E-state index is 11.2. The first-order valence-corrected chi connectivity index (χ1v) is 4.24. The number of rotatable bonds is 2. The number of urea groups is 1. The Hall–Kier alpha value is -0.770. The number of carbonyl (C=O) groups excluding carboxylic acids is 1. The number of aliphatic hydroxyl groups is 1. The van der Waals surface area contributed by atoms with Gasteiger partial charge in [-0.1, -0.05) is 0 Å². The molecule has 0 spiro atoms. The van der Waals surface area contributed by atoms with E-state index in [1.54, 1.807) is 18.7 Å². The van der Waals surface area contributed by atoms with Crippen molar-refractivity contribution in [1.82, 2.24) is 10.2 Å². The molecule has 70 valence electrons. The molecular formula is C8H16N2O2. The summed E-state index contributed by atoms with van der Waals surface area (Å²) in [5.41, 5.74) is -0.797. The molecule has 0 radical (unpaired) electrons. The van der Waals surface area contributed by atoms with E-state index >= 15 is 0 Å². The van der Waals surface area contributed by atoms with Crippen LogP contribution in [0.5, 0.6) is 0 Å². The minimum Gasteiger partial charge on any atom is -0.389 e. The average molecular weight is 172 g/mol. The third-order valence-electron chi connectivity index (χ3n) is 1.75. The highest BCUT2D eigenvalue weighted by Crippen LogP contribution is 2.07. The van der Waals surface area contributed by atoms with Crippen molar-refractivity contribution in [3.63, 3.8) is 0 Å². The highest BCUT2D eigenvalue weighted by atomic mass is 16.3. The maximum Gasteiger partial charge on any atom is 0.317 e. The first-order chi connectivity index (χ1) is 5.49. The number of carbonyl (C=O) groups is 1. The topological polar surface area (TPSA) is 52.6 Å². The lowest BCUT2D eigenvalue weighted by atomic mass is 10.1. The van der Waals surface area contributed by atoms with Gasteiger partial charge in [0.2, 0.25) is 0 Å². The molecule has 0 aromatic heterocycles. The van der Waals surface area contributed by atoms with E-state index in [0.29, 0.717) is 6.54 Å². The molecular weight excluding hydrogens is 156 g/mol. The van der Waals surface area contributed by atoms with Gasteiger partial charge in [0.05, 0.1) is 12.1 Å². The highest BCUT2D eigenvalue weighted by Gasteiger charge is 2.23. The van der Waals surface area contributed by atoms with Crippen molar-refractivity contribution >= 4 is 6.03 Å². The normalized spacial score (nSPS) is 19.2. The summed E-state index contributed by atoms with van der Waals surface area (Å²) in [5.74, 6) is 0. The third-order valence-corrected chi connectivity index (χ3v) is 1.75. The predicted octanol–water partition coefficient (Wildman–Crippen LogP) is 0.173. The molecule has 4 nitrogen and oxygen atoms in total. The number of nitrogens with zero attached hydrogens (tertiary/aromatic N) is 1. The zero-order valence-corrected chi connectivity index (χ0v) is 7.63. The third kappa shape index (κ3) is 2.70. The molecule has 12 heavy (non-hydrogen) atoms. The monoisotopic (exact) mass is 172 g/mol. The second-order valence-electron chi connectivity index (χ2n) is 3.82. The first-order valence-electron chi connectivity index (χ1n) is 4.24. The lowest BCUT2D eigenvalue weighted by Crippen LogP contribution is -2.51. The van der Waals surface area contributed by atoms with Crippen molar-refractivity contribution in [2.45, 2.75) is 25.9 Å². The summed E-state index contributed by atoms with van der Waals surface area (Å²) >= 11 is 0. The van der Waals surface area contributed by atoms with Crippen LogP contribution in [0.15, 0.2) is 0 Å². The van der Waals surface area contributed by atoms with Crippen LogP contribution in [0.1, 0.15) is 20.3 Å². The average Bonchev–Trinajstić information content (AvgIpc) is 1.91. The lowest BCUT2D eigenvalue weighted by molar-refractivity contribution is 0.0436. The smallest absolute Gasteiger partial charge is 0.317 e. The van der Waals surface area contributed by atoms with Gasteiger partial charge >= 0.3 is 6.03 Å². The molecule has 0 saturated carbocycles. The minimum absolute atomic E-state index is 0.0663. The summed E-state index contributed by atoms with van der Waals surface area (Å²) in [5, 5.41) is 12.2. The van der Waals surface area contributed by atoms with E-state index in [0.717, 1.165) is 19.5 Å². The molecule has 2 amide bonds. The Labute approximate surface area is 72.6 Å². The second-order valence-corrected chi connectivity index (χ2v) is 3.82. The van der Waals surface area contributed by atoms with Crippen LogP contribution in [-0.2, 0) is 0 Å².